The third kappa shape index (κ3) is 2.84. The molecule has 21 heavy (non-hydrogen) atoms. The zero-order chi connectivity index (χ0) is 15.7. The maximum atomic E-state index is 12.4. The van der Waals surface area contributed by atoms with Gasteiger partial charge in [-0.3, -0.25) is 19.7 Å². The van der Waals surface area contributed by atoms with Crippen LogP contribution in [0.3, 0.4) is 0 Å². The second-order valence-corrected chi connectivity index (χ2v) is 5.54. The molecular formula is C13H19N3O5. The number of rotatable bonds is 3. The quantitative estimate of drug-likeness (QED) is 0.683. The van der Waals surface area contributed by atoms with Crippen molar-refractivity contribution in [1.82, 2.24) is 15.1 Å². The minimum absolute atomic E-state index is 0.0826. The number of carbonyl (C=O) groups is 4. The Kier molecular flexibility index (Phi) is 4.15. The molecule has 2 N–H and O–H groups in total. The van der Waals surface area contributed by atoms with Crippen LogP contribution in [0, 0.1) is 11.8 Å². The number of imide groups is 1. The summed E-state index contributed by atoms with van der Waals surface area (Å²) in [5, 5.41) is 11.1. The van der Waals surface area contributed by atoms with Gasteiger partial charge in [0, 0.05) is 19.0 Å². The van der Waals surface area contributed by atoms with E-state index in [1.807, 2.05) is 0 Å². The molecule has 2 aliphatic rings. The second kappa shape index (κ2) is 5.71. The van der Waals surface area contributed by atoms with Gasteiger partial charge in [0.05, 0.1) is 5.92 Å². The number of hydrogen-bond acceptors (Lipinski definition) is 4. The van der Waals surface area contributed by atoms with Crippen molar-refractivity contribution < 1.29 is 24.3 Å². The highest BCUT2D eigenvalue weighted by molar-refractivity contribution is 6.04. The van der Waals surface area contributed by atoms with Crippen molar-refractivity contribution in [2.75, 3.05) is 19.6 Å². The van der Waals surface area contributed by atoms with Gasteiger partial charge in [-0.15, -0.1) is 0 Å². The third-order valence-electron chi connectivity index (χ3n) is 4.16. The van der Waals surface area contributed by atoms with Crippen LogP contribution in [0.4, 0.5) is 4.79 Å². The SMILES string of the molecule is CCC1C(=O)NC(=O)CN1C(=O)N1CC(C(C)C(=O)O)C1. The molecule has 8 heteroatoms. The largest absolute Gasteiger partial charge is 0.481 e. The summed E-state index contributed by atoms with van der Waals surface area (Å²) in [6, 6.07) is -1.02. The van der Waals surface area contributed by atoms with E-state index in [0.717, 1.165) is 0 Å². The first kappa shape index (κ1) is 15.3. The Hall–Kier alpha value is -2.12. The summed E-state index contributed by atoms with van der Waals surface area (Å²) in [4.78, 5) is 49.1. The highest BCUT2D eigenvalue weighted by Crippen LogP contribution is 2.26. The number of urea groups is 1. The van der Waals surface area contributed by atoms with Crippen molar-refractivity contribution in [2.24, 2.45) is 11.8 Å². The fourth-order valence-corrected chi connectivity index (χ4v) is 2.64. The topological polar surface area (TPSA) is 107 Å². The van der Waals surface area contributed by atoms with Gasteiger partial charge in [-0.05, 0) is 6.42 Å². The second-order valence-electron chi connectivity index (χ2n) is 5.54. The average molecular weight is 297 g/mol. The lowest BCUT2D eigenvalue weighted by molar-refractivity contribution is -0.145. The van der Waals surface area contributed by atoms with Crippen molar-refractivity contribution in [2.45, 2.75) is 26.3 Å². The number of aliphatic carboxylic acids is 1. The zero-order valence-corrected chi connectivity index (χ0v) is 12.0. The van der Waals surface area contributed by atoms with Crippen LogP contribution in [0.5, 0.6) is 0 Å². The number of nitrogens with one attached hydrogen (secondary N) is 1. The summed E-state index contributed by atoms with van der Waals surface area (Å²) in [5.41, 5.74) is 0. The van der Waals surface area contributed by atoms with Crippen molar-refractivity contribution >= 4 is 23.8 Å². The molecule has 0 spiro atoms. The molecule has 8 nitrogen and oxygen atoms in total. The minimum atomic E-state index is -0.883. The molecule has 0 aromatic rings. The van der Waals surface area contributed by atoms with Gasteiger partial charge in [0.25, 0.3) is 0 Å². The van der Waals surface area contributed by atoms with E-state index >= 15 is 0 Å². The molecule has 2 unspecified atom stereocenters. The lowest BCUT2D eigenvalue weighted by Gasteiger charge is -2.45. The number of carboxylic acids is 1. The van der Waals surface area contributed by atoms with Crippen LogP contribution in [0.1, 0.15) is 20.3 Å². The molecule has 0 aromatic heterocycles. The van der Waals surface area contributed by atoms with E-state index in [2.05, 4.69) is 5.32 Å². The van der Waals surface area contributed by atoms with Crippen LogP contribution in [-0.2, 0) is 14.4 Å². The van der Waals surface area contributed by atoms with Gasteiger partial charge in [-0.1, -0.05) is 13.8 Å². The van der Waals surface area contributed by atoms with E-state index in [0.29, 0.717) is 19.5 Å². The summed E-state index contributed by atoms with van der Waals surface area (Å²) in [6.07, 6.45) is 0.424. The molecular weight excluding hydrogens is 278 g/mol. The maximum Gasteiger partial charge on any atom is 0.321 e. The van der Waals surface area contributed by atoms with E-state index < -0.39 is 29.7 Å². The number of hydrogen-bond donors (Lipinski definition) is 2. The summed E-state index contributed by atoms with van der Waals surface area (Å²) >= 11 is 0. The molecule has 4 amide bonds. The highest BCUT2D eigenvalue weighted by Gasteiger charge is 2.43. The lowest BCUT2D eigenvalue weighted by atomic mass is 9.87. The highest BCUT2D eigenvalue weighted by atomic mass is 16.4. The maximum absolute atomic E-state index is 12.4. The predicted molar refractivity (Wildman–Crippen MR) is 71.2 cm³/mol. The van der Waals surface area contributed by atoms with Crippen LogP contribution < -0.4 is 5.32 Å². The molecule has 2 heterocycles. The molecule has 0 radical (unpaired) electrons. The Morgan fingerprint density at radius 2 is 2.00 bits per heavy atom. The van der Waals surface area contributed by atoms with Crippen LogP contribution in [-0.4, -0.2) is 64.4 Å². The van der Waals surface area contributed by atoms with Crippen LogP contribution >= 0.6 is 0 Å². The van der Waals surface area contributed by atoms with Crippen molar-refractivity contribution in [3.8, 4) is 0 Å². The normalized spacial score (nSPS) is 24.4. The first-order valence-corrected chi connectivity index (χ1v) is 6.97. The van der Waals surface area contributed by atoms with E-state index in [4.69, 9.17) is 5.11 Å². The Morgan fingerprint density at radius 1 is 1.38 bits per heavy atom. The molecule has 2 fully saturated rings. The average Bonchev–Trinajstić information content (AvgIpc) is 2.35. The first-order valence-electron chi connectivity index (χ1n) is 6.97. The summed E-state index contributed by atoms with van der Waals surface area (Å²) in [5.74, 6) is -2.43. The van der Waals surface area contributed by atoms with E-state index in [-0.39, 0.29) is 18.5 Å². The Morgan fingerprint density at radius 3 is 2.52 bits per heavy atom. The number of carbonyl (C=O) groups excluding carboxylic acids is 3. The molecule has 2 aliphatic heterocycles. The van der Waals surface area contributed by atoms with Crippen LogP contribution in [0.15, 0.2) is 0 Å². The van der Waals surface area contributed by atoms with Gasteiger partial charge in [0.15, 0.2) is 0 Å². The summed E-state index contributed by atoms with van der Waals surface area (Å²) in [7, 11) is 0. The van der Waals surface area contributed by atoms with Crippen molar-refractivity contribution in [3.63, 3.8) is 0 Å². The molecule has 116 valence electrons. The third-order valence-corrected chi connectivity index (χ3v) is 4.16. The van der Waals surface area contributed by atoms with Gasteiger partial charge in [-0.25, -0.2) is 4.79 Å². The molecule has 2 saturated heterocycles. The fourth-order valence-electron chi connectivity index (χ4n) is 2.64. The van der Waals surface area contributed by atoms with E-state index in [1.165, 1.54) is 9.80 Å². The summed E-state index contributed by atoms with van der Waals surface area (Å²) < 4.78 is 0. The van der Waals surface area contributed by atoms with E-state index in [9.17, 15) is 19.2 Å². The predicted octanol–water partition coefficient (Wildman–Crippen LogP) is -0.504. The number of piperazine rings is 1. The van der Waals surface area contributed by atoms with Crippen LogP contribution in [0.25, 0.3) is 0 Å². The van der Waals surface area contributed by atoms with Gasteiger partial charge >= 0.3 is 12.0 Å². The molecule has 2 atom stereocenters. The standard InChI is InChI=1S/C13H19N3O5/c1-3-9-11(18)14-10(17)6-16(9)13(21)15-4-8(5-15)7(2)12(19)20/h7-9H,3-6H2,1-2H3,(H,19,20)(H,14,17,18). The van der Waals surface area contributed by atoms with Crippen molar-refractivity contribution in [3.05, 3.63) is 0 Å². The molecule has 0 bridgehead atoms. The Bertz CT molecular complexity index is 486. The molecule has 0 aromatic carbocycles. The number of carboxylic acid groups (broad SMARTS) is 1. The van der Waals surface area contributed by atoms with Gasteiger partial charge in [0.2, 0.25) is 11.8 Å². The fraction of sp³-hybridized carbons (Fsp3) is 0.692. The van der Waals surface area contributed by atoms with Gasteiger partial charge < -0.3 is 14.9 Å². The summed E-state index contributed by atoms with van der Waals surface area (Å²) in [6.45, 7) is 3.93. The smallest absolute Gasteiger partial charge is 0.321 e. The monoisotopic (exact) mass is 297 g/mol. The van der Waals surface area contributed by atoms with E-state index in [1.54, 1.807) is 13.8 Å². The number of nitrogens with zero attached hydrogens (tertiary/aromatic N) is 2. The Labute approximate surface area is 122 Å². The molecule has 0 saturated carbocycles. The zero-order valence-electron chi connectivity index (χ0n) is 12.0. The lowest BCUT2D eigenvalue weighted by Crippen LogP contribution is -2.65. The van der Waals surface area contributed by atoms with Gasteiger partial charge in [-0.2, -0.15) is 0 Å². The number of likely N-dealkylation sites (tertiary alicyclic amines) is 1. The number of amides is 4. The Balaban J connectivity index is 1.99. The first-order chi connectivity index (χ1) is 9.85. The van der Waals surface area contributed by atoms with Gasteiger partial charge in [0.1, 0.15) is 12.6 Å². The molecule has 0 aliphatic carbocycles. The van der Waals surface area contributed by atoms with Crippen molar-refractivity contribution in [1.29, 1.82) is 0 Å². The minimum Gasteiger partial charge on any atom is -0.481 e. The molecule has 2 rings (SSSR count). The van der Waals surface area contributed by atoms with Crippen LogP contribution in [0.2, 0.25) is 0 Å².